The maximum atomic E-state index is 12.6. The highest BCUT2D eigenvalue weighted by Crippen LogP contribution is 2.66. The van der Waals surface area contributed by atoms with Crippen molar-refractivity contribution in [2.24, 2.45) is 34.5 Å². The van der Waals surface area contributed by atoms with Crippen molar-refractivity contribution in [3.8, 4) is 0 Å². The molecule has 1 heterocycles. The first kappa shape index (κ1) is 24.4. The molecule has 0 spiro atoms. The van der Waals surface area contributed by atoms with Gasteiger partial charge in [0.05, 0.1) is 12.8 Å². The second kappa shape index (κ2) is 9.00. The van der Waals surface area contributed by atoms with Crippen molar-refractivity contribution in [1.82, 2.24) is 5.06 Å². The maximum absolute atomic E-state index is 12.6. The third-order valence-corrected chi connectivity index (χ3v) is 10.4. The summed E-state index contributed by atoms with van der Waals surface area (Å²) in [6.45, 7) is 4.70. The van der Waals surface area contributed by atoms with Gasteiger partial charge in [-0.2, -0.15) is 0 Å². The Bertz CT molecular complexity index is 930. The van der Waals surface area contributed by atoms with E-state index in [4.69, 9.17) is 9.57 Å². The van der Waals surface area contributed by atoms with Gasteiger partial charge in [0, 0.05) is 31.1 Å². The average molecular weight is 488 g/mol. The Balaban J connectivity index is 1.17. The molecule has 0 N–H and O–H groups in total. The van der Waals surface area contributed by atoms with Gasteiger partial charge in [-0.25, -0.2) is 4.79 Å². The number of amides is 2. The molecule has 8 nitrogen and oxygen atoms in total. The van der Waals surface area contributed by atoms with Crippen molar-refractivity contribution in [1.29, 1.82) is 0 Å². The molecule has 0 aromatic rings. The molecule has 0 unspecified atom stereocenters. The summed E-state index contributed by atoms with van der Waals surface area (Å²) in [5.41, 5.74) is 0.199. The van der Waals surface area contributed by atoms with Crippen LogP contribution in [0.25, 0.3) is 0 Å². The van der Waals surface area contributed by atoms with E-state index in [1.165, 1.54) is 6.42 Å². The summed E-state index contributed by atoms with van der Waals surface area (Å²) in [6, 6.07) is 0. The molecule has 35 heavy (non-hydrogen) atoms. The van der Waals surface area contributed by atoms with Gasteiger partial charge in [0.25, 0.3) is 11.8 Å². The van der Waals surface area contributed by atoms with Crippen LogP contribution in [0.2, 0.25) is 0 Å². The van der Waals surface area contributed by atoms with Crippen LogP contribution in [0, 0.1) is 34.5 Å². The van der Waals surface area contributed by atoms with Crippen LogP contribution in [0.15, 0.2) is 0 Å². The van der Waals surface area contributed by atoms with Crippen molar-refractivity contribution >= 4 is 29.5 Å². The Kier molecular flexibility index (Phi) is 6.29. The van der Waals surface area contributed by atoms with E-state index in [1.54, 1.807) is 0 Å². The number of hydrogen-bond donors (Lipinski definition) is 0. The quantitative estimate of drug-likeness (QED) is 0.428. The van der Waals surface area contributed by atoms with Gasteiger partial charge in [0.2, 0.25) is 0 Å². The first-order chi connectivity index (χ1) is 16.6. The molecule has 1 aliphatic heterocycles. The van der Waals surface area contributed by atoms with Crippen molar-refractivity contribution in [3.63, 3.8) is 0 Å². The third-order valence-electron chi connectivity index (χ3n) is 10.4. The number of fused-ring (bicyclic) bond motifs is 5. The molecule has 0 radical (unpaired) electrons. The van der Waals surface area contributed by atoms with Crippen LogP contribution in [0.5, 0.6) is 0 Å². The zero-order chi connectivity index (χ0) is 25.0. The van der Waals surface area contributed by atoms with Gasteiger partial charge in [0.15, 0.2) is 0 Å². The number of hydroxylamine groups is 2. The van der Waals surface area contributed by atoms with Crippen LogP contribution >= 0.6 is 0 Å². The molecule has 4 aliphatic carbocycles. The molecule has 4 saturated carbocycles. The molecule has 7 atom stereocenters. The molecule has 5 rings (SSSR count). The lowest BCUT2D eigenvalue weighted by molar-refractivity contribution is -0.198. The van der Waals surface area contributed by atoms with Gasteiger partial charge in [-0.05, 0) is 74.0 Å². The van der Waals surface area contributed by atoms with Crippen molar-refractivity contribution in [2.45, 2.75) is 103 Å². The minimum atomic E-state index is -0.780. The largest absolute Gasteiger partial charge is 0.462 e. The number of carbonyl (C=O) groups excluding carboxylic acids is 5. The predicted molar refractivity (Wildman–Crippen MR) is 123 cm³/mol. The van der Waals surface area contributed by atoms with E-state index in [1.807, 2.05) is 0 Å². The number of nitrogens with zero attached hydrogens (tertiary/aromatic N) is 1. The normalized spacial score (nSPS) is 40.7. The number of hydrogen-bond acceptors (Lipinski definition) is 7. The van der Waals surface area contributed by atoms with Crippen LogP contribution in [0.1, 0.15) is 97.3 Å². The van der Waals surface area contributed by atoms with Crippen molar-refractivity contribution < 1.29 is 33.5 Å². The van der Waals surface area contributed by atoms with Crippen molar-refractivity contribution in [3.05, 3.63) is 0 Å². The number of rotatable bonds is 5. The topological polar surface area (TPSA) is 107 Å². The zero-order valence-corrected chi connectivity index (χ0v) is 20.9. The summed E-state index contributed by atoms with van der Waals surface area (Å²) in [5.74, 6) is 0.464. The minimum Gasteiger partial charge on any atom is -0.462 e. The van der Waals surface area contributed by atoms with E-state index in [0.29, 0.717) is 34.5 Å². The standard InChI is InChI=1S/C27H37NO7/c1-26-13-11-17(29)15-16(26)3-4-18-19-5-6-21(27(19,2)14-12-20(18)26)34-24(32)9-10-25(33)35-28-22(30)7-8-23(28)31/h16,18-21H,3-15H2,1-2H3/t16-,18-,19+,20+,21-,26-,27-/m0/s1. The summed E-state index contributed by atoms with van der Waals surface area (Å²) in [7, 11) is 0. The van der Waals surface area contributed by atoms with Gasteiger partial charge >= 0.3 is 11.9 Å². The van der Waals surface area contributed by atoms with Crippen LogP contribution in [0.3, 0.4) is 0 Å². The van der Waals surface area contributed by atoms with Gasteiger partial charge < -0.3 is 9.57 Å². The van der Waals surface area contributed by atoms with Crippen LogP contribution in [-0.2, 0) is 33.5 Å². The van der Waals surface area contributed by atoms with E-state index in [2.05, 4.69) is 13.8 Å². The second-order valence-corrected chi connectivity index (χ2v) is 12.0. The van der Waals surface area contributed by atoms with Gasteiger partial charge in [0.1, 0.15) is 11.9 Å². The lowest BCUT2D eigenvalue weighted by Crippen LogP contribution is -2.54. The highest BCUT2D eigenvalue weighted by molar-refractivity contribution is 6.01. The average Bonchev–Trinajstić information content (AvgIpc) is 3.31. The molecule has 0 aromatic heterocycles. The molecule has 5 fully saturated rings. The Labute approximate surface area is 206 Å². The SMILES string of the molecule is C[C@]12CCC(=O)C[C@@H]1CC[C@@H]1[C@H]2CC[C@]2(C)[C@@H](OC(=O)CCC(=O)ON3C(=O)CCC3=O)CC[C@H]12. The minimum absolute atomic E-state index is 0.0371. The Hall–Kier alpha value is -2.25. The number of esters is 1. The number of ketones is 1. The van der Waals surface area contributed by atoms with Crippen LogP contribution < -0.4 is 0 Å². The van der Waals surface area contributed by atoms with E-state index in [9.17, 15) is 24.0 Å². The smallest absolute Gasteiger partial charge is 0.333 e. The first-order valence-electron chi connectivity index (χ1n) is 13.4. The summed E-state index contributed by atoms with van der Waals surface area (Å²) < 4.78 is 5.93. The number of imide groups is 1. The van der Waals surface area contributed by atoms with E-state index < -0.39 is 23.8 Å². The third kappa shape index (κ3) is 4.20. The van der Waals surface area contributed by atoms with Crippen LogP contribution in [0.4, 0.5) is 0 Å². The van der Waals surface area contributed by atoms with E-state index >= 15 is 0 Å². The molecule has 1 saturated heterocycles. The Morgan fingerprint density at radius 1 is 0.829 bits per heavy atom. The van der Waals surface area contributed by atoms with Gasteiger partial charge in [-0.3, -0.25) is 19.2 Å². The van der Waals surface area contributed by atoms with E-state index in [-0.39, 0.29) is 42.6 Å². The Morgan fingerprint density at radius 3 is 2.26 bits per heavy atom. The first-order valence-corrected chi connectivity index (χ1v) is 13.4. The molecule has 2 amide bonds. The molecule has 0 aromatic carbocycles. The fraction of sp³-hybridized carbons (Fsp3) is 0.815. The Morgan fingerprint density at radius 2 is 1.51 bits per heavy atom. The molecular weight excluding hydrogens is 450 g/mol. The van der Waals surface area contributed by atoms with Gasteiger partial charge in [-0.15, -0.1) is 5.06 Å². The maximum Gasteiger partial charge on any atom is 0.333 e. The zero-order valence-electron chi connectivity index (χ0n) is 20.9. The molecule has 5 aliphatic rings. The summed E-state index contributed by atoms with van der Waals surface area (Å²) in [5, 5.41) is 0.506. The lowest BCUT2D eigenvalue weighted by Gasteiger charge is -2.60. The highest BCUT2D eigenvalue weighted by atomic mass is 16.7. The molecule has 0 bridgehead atoms. The number of Topliss-reactive ketones (excluding diaryl/α,β-unsaturated/α-hetero) is 1. The van der Waals surface area contributed by atoms with Gasteiger partial charge in [-0.1, -0.05) is 13.8 Å². The number of ether oxygens (including phenoxy) is 1. The number of carbonyl (C=O) groups is 5. The second-order valence-electron chi connectivity index (χ2n) is 12.0. The highest BCUT2D eigenvalue weighted by Gasteiger charge is 2.61. The fourth-order valence-corrected chi connectivity index (χ4v) is 8.42. The molecule has 192 valence electrons. The van der Waals surface area contributed by atoms with E-state index in [0.717, 1.165) is 51.4 Å². The summed E-state index contributed by atoms with van der Waals surface area (Å²) >= 11 is 0. The van der Waals surface area contributed by atoms with Crippen molar-refractivity contribution in [2.75, 3.05) is 0 Å². The molecular formula is C27H37NO7. The van der Waals surface area contributed by atoms with Crippen LogP contribution in [-0.4, -0.2) is 40.7 Å². The fourth-order valence-electron chi connectivity index (χ4n) is 8.42. The predicted octanol–water partition coefficient (Wildman–Crippen LogP) is 3.90. The summed E-state index contributed by atoms with van der Waals surface area (Å²) in [4.78, 5) is 64.8. The summed E-state index contributed by atoms with van der Waals surface area (Å²) in [6.07, 6.45) is 8.39. The monoisotopic (exact) mass is 487 g/mol. The lowest BCUT2D eigenvalue weighted by atomic mass is 9.45. The molecule has 8 heteroatoms.